The maximum Gasteiger partial charge on any atom is 0.239 e. The molecule has 1 aromatic heterocycles. The first-order chi connectivity index (χ1) is 11.1. The van der Waals surface area contributed by atoms with E-state index in [0.717, 1.165) is 11.8 Å². The van der Waals surface area contributed by atoms with Crippen LogP contribution >= 0.6 is 11.8 Å². The van der Waals surface area contributed by atoms with Gasteiger partial charge >= 0.3 is 0 Å². The molecule has 1 saturated heterocycles. The summed E-state index contributed by atoms with van der Waals surface area (Å²) >= 11 is 1.09. The molecule has 120 valence electrons. The molecule has 1 aliphatic heterocycles. The van der Waals surface area contributed by atoms with Crippen molar-refractivity contribution in [2.24, 2.45) is 0 Å². The molecule has 0 saturated carbocycles. The summed E-state index contributed by atoms with van der Waals surface area (Å²) < 4.78 is 14.5. The Labute approximate surface area is 135 Å². The number of rotatable bonds is 4. The molecule has 3 rings (SSSR count). The Morgan fingerprint density at radius 3 is 2.91 bits per heavy atom. The van der Waals surface area contributed by atoms with Crippen LogP contribution in [-0.4, -0.2) is 43.9 Å². The first kappa shape index (κ1) is 15.5. The molecule has 1 aliphatic rings. The first-order valence-electron chi connectivity index (χ1n) is 6.98. The van der Waals surface area contributed by atoms with Crippen LogP contribution in [-0.2, 0) is 9.59 Å². The number of carbonyl (C=O) groups is 2. The largest absolute Gasteiger partial charge is 0.335 e. The van der Waals surface area contributed by atoms with E-state index in [-0.39, 0.29) is 17.6 Å². The van der Waals surface area contributed by atoms with Gasteiger partial charge in [-0.15, -0.1) is 10.2 Å². The van der Waals surface area contributed by atoms with E-state index in [1.54, 1.807) is 12.1 Å². The Balaban J connectivity index is 1.70. The molecule has 2 heterocycles. The number of benzene rings is 1. The number of halogens is 1. The molecule has 0 atom stereocenters. The maximum absolute atomic E-state index is 13.3. The van der Waals surface area contributed by atoms with Crippen molar-refractivity contribution in [1.29, 1.82) is 0 Å². The lowest BCUT2D eigenvalue weighted by atomic mass is 10.2. The fourth-order valence-electron chi connectivity index (χ4n) is 2.32. The van der Waals surface area contributed by atoms with Crippen LogP contribution in [0.15, 0.2) is 29.4 Å². The van der Waals surface area contributed by atoms with Gasteiger partial charge in [-0.25, -0.2) is 9.07 Å². The number of nitrogens with two attached hydrogens (primary N) is 1. The second-order valence-electron chi connectivity index (χ2n) is 5.02. The topological polar surface area (TPSA) is 94.1 Å². The van der Waals surface area contributed by atoms with Crippen LogP contribution in [0.1, 0.15) is 12.8 Å². The first-order valence-corrected chi connectivity index (χ1v) is 7.97. The minimum Gasteiger partial charge on any atom is -0.335 e. The second-order valence-corrected chi connectivity index (χ2v) is 5.96. The number of likely N-dealkylation sites (tertiary alicyclic amines) is 1. The fraction of sp³-hybridized carbons (Fsp3) is 0.286. The molecule has 2 N–H and O–H groups in total. The summed E-state index contributed by atoms with van der Waals surface area (Å²) in [6.07, 6.45) is 1.11. The van der Waals surface area contributed by atoms with Gasteiger partial charge < -0.3 is 5.84 Å². The Bertz CT molecular complexity index is 763. The number of amides is 2. The van der Waals surface area contributed by atoms with Crippen LogP contribution in [0.3, 0.4) is 0 Å². The minimum atomic E-state index is -0.401. The summed E-state index contributed by atoms with van der Waals surface area (Å²) in [7, 11) is 0. The van der Waals surface area contributed by atoms with Crippen molar-refractivity contribution >= 4 is 23.6 Å². The number of nitrogens with zero attached hydrogens (tertiary/aromatic N) is 4. The van der Waals surface area contributed by atoms with Gasteiger partial charge in [-0.05, 0) is 18.6 Å². The number of carbonyl (C=O) groups excluding carboxylic acids is 2. The van der Waals surface area contributed by atoms with Gasteiger partial charge in [0.1, 0.15) is 5.82 Å². The highest BCUT2D eigenvalue weighted by atomic mass is 32.2. The van der Waals surface area contributed by atoms with Gasteiger partial charge in [0, 0.05) is 18.5 Å². The lowest BCUT2D eigenvalue weighted by Gasteiger charge is -2.12. The number of hydrogen-bond acceptors (Lipinski definition) is 6. The van der Waals surface area contributed by atoms with Crippen LogP contribution in [0.5, 0.6) is 0 Å². The van der Waals surface area contributed by atoms with Crippen molar-refractivity contribution in [3.8, 4) is 11.4 Å². The summed E-state index contributed by atoms with van der Waals surface area (Å²) in [5, 5.41) is 8.16. The Kier molecular flexibility index (Phi) is 4.28. The lowest BCUT2D eigenvalue weighted by molar-refractivity contribution is -0.140. The molecular formula is C14H14FN5O2S. The number of nitrogen functional groups attached to an aromatic ring is 1. The van der Waals surface area contributed by atoms with Crippen LogP contribution in [0.25, 0.3) is 11.4 Å². The minimum absolute atomic E-state index is 0.0459. The van der Waals surface area contributed by atoms with Gasteiger partial charge in [-0.2, -0.15) is 0 Å². The van der Waals surface area contributed by atoms with Crippen molar-refractivity contribution in [1.82, 2.24) is 19.8 Å². The highest BCUT2D eigenvalue weighted by molar-refractivity contribution is 7.99. The molecule has 0 spiro atoms. The quantitative estimate of drug-likeness (QED) is 0.663. The van der Waals surface area contributed by atoms with Crippen LogP contribution in [0.2, 0.25) is 0 Å². The Morgan fingerprint density at radius 2 is 2.22 bits per heavy atom. The monoisotopic (exact) mass is 335 g/mol. The maximum atomic E-state index is 13.3. The van der Waals surface area contributed by atoms with Gasteiger partial charge in [0.05, 0.1) is 5.75 Å². The third-order valence-electron chi connectivity index (χ3n) is 3.45. The van der Waals surface area contributed by atoms with E-state index >= 15 is 0 Å². The summed E-state index contributed by atoms with van der Waals surface area (Å²) in [4.78, 5) is 24.8. The SMILES string of the molecule is Nn1c(SCC(=O)N2CCCC2=O)nnc1-c1cccc(F)c1. The van der Waals surface area contributed by atoms with E-state index in [0.29, 0.717) is 35.9 Å². The van der Waals surface area contributed by atoms with E-state index < -0.39 is 5.82 Å². The van der Waals surface area contributed by atoms with E-state index in [9.17, 15) is 14.0 Å². The summed E-state index contributed by atoms with van der Waals surface area (Å²) in [5.74, 6) is 5.44. The van der Waals surface area contributed by atoms with E-state index in [1.165, 1.54) is 21.7 Å². The fourth-order valence-corrected chi connectivity index (χ4v) is 3.05. The Morgan fingerprint density at radius 1 is 1.39 bits per heavy atom. The second kappa shape index (κ2) is 6.37. The molecule has 7 nitrogen and oxygen atoms in total. The van der Waals surface area contributed by atoms with Crippen molar-refractivity contribution in [2.45, 2.75) is 18.0 Å². The predicted molar refractivity (Wildman–Crippen MR) is 82.2 cm³/mol. The molecule has 2 amide bonds. The highest BCUT2D eigenvalue weighted by Crippen LogP contribution is 2.23. The molecule has 23 heavy (non-hydrogen) atoms. The van der Waals surface area contributed by atoms with Crippen LogP contribution < -0.4 is 5.84 Å². The molecule has 0 aliphatic carbocycles. The zero-order chi connectivity index (χ0) is 16.4. The molecule has 9 heteroatoms. The molecular weight excluding hydrogens is 321 g/mol. The number of imide groups is 1. The summed E-state index contributed by atoms with van der Waals surface area (Å²) in [6, 6.07) is 5.84. The lowest BCUT2D eigenvalue weighted by Crippen LogP contribution is -2.33. The van der Waals surface area contributed by atoms with Gasteiger partial charge in [0.25, 0.3) is 0 Å². The van der Waals surface area contributed by atoms with Gasteiger partial charge in [0.15, 0.2) is 5.82 Å². The third-order valence-corrected chi connectivity index (χ3v) is 4.37. The van der Waals surface area contributed by atoms with Gasteiger partial charge in [0.2, 0.25) is 17.0 Å². The normalized spacial score (nSPS) is 14.5. The molecule has 0 bridgehead atoms. The molecule has 2 aromatic rings. The van der Waals surface area contributed by atoms with Crippen LogP contribution in [0.4, 0.5) is 4.39 Å². The van der Waals surface area contributed by atoms with E-state index in [1.807, 2.05) is 0 Å². The standard InChI is InChI=1S/C14H14FN5O2S/c15-10-4-1-3-9(7-10)13-17-18-14(20(13)16)23-8-12(22)19-6-2-5-11(19)21/h1,3-4,7H,2,5-6,8,16H2. The molecule has 1 aromatic carbocycles. The molecule has 0 unspecified atom stereocenters. The van der Waals surface area contributed by atoms with Crippen molar-refractivity contribution in [3.05, 3.63) is 30.1 Å². The predicted octanol–water partition coefficient (Wildman–Crippen LogP) is 1.04. The average molecular weight is 335 g/mol. The van der Waals surface area contributed by atoms with Crippen molar-refractivity contribution in [2.75, 3.05) is 18.1 Å². The summed E-state index contributed by atoms with van der Waals surface area (Å²) in [5.41, 5.74) is 0.493. The van der Waals surface area contributed by atoms with Gasteiger partial charge in [-0.3, -0.25) is 14.5 Å². The van der Waals surface area contributed by atoms with Crippen LogP contribution in [0, 0.1) is 5.82 Å². The highest BCUT2D eigenvalue weighted by Gasteiger charge is 2.26. The zero-order valence-electron chi connectivity index (χ0n) is 12.1. The smallest absolute Gasteiger partial charge is 0.239 e. The number of thioether (sulfide) groups is 1. The van der Waals surface area contributed by atoms with Crippen molar-refractivity contribution in [3.63, 3.8) is 0 Å². The zero-order valence-corrected chi connectivity index (χ0v) is 12.9. The van der Waals surface area contributed by atoms with E-state index in [2.05, 4.69) is 10.2 Å². The van der Waals surface area contributed by atoms with E-state index in [4.69, 9.17) is 5.84 Å². The third kappa shape index (κ3) is 3.19. The summed E-state index contributed by atoms with van der Waals surface area (Å²) in [6.45, 7) is 0.460. The number of hydrogen-bond donors (Lipinski definition) is 1. The van der Waals surface area contributed by atoms with Gasteiger partial charge in [-0.1, -0.05) is 23.9 Å². The molecule has 0 radical (unpaired) electrons. The molecule has 1 fully saturated rings. The average Bonchev–Trinajstić information content (AvgIpc) is 3.11. The Hall–Kier alpha value is -2.42. The van der Waals surface area contributed by atoms with Crippen molar-refractivity contribution < 1.29 is 14.0 Å². The number of aromatic nitrogens is 3.